The first-order valence-corrected chi connectivity index (χ1v) is 8.45. The minimum absolute atomic E-state index is 0.0532. The summed E-state index contributed by atoms with van der Waals surface area (Å²) in [7, 11) is 0. The van der Waals surface area contributed by atoms with Crippen molar-refractivity contribution in [2.45, 2.75) is 13.5 Å². The number of rotatable bonds is 4. The van der Waals surface area contributed by atoms with Crippen molar-refractivity contribution in [1.82, 2.24) is 15.3 Å². The molecule has 2 aromatic heterocycles. The van der Waals surface area contributed by atoms with E-state index < -0.39 is 5.91 Å². The molecule has 0 saturated heterocycles. The molecule has 0 atom stereocenters. The van der Waals surface area contributed by atoms with Gasteiger partial charge in [0.25, 0.3) is 5.91 Å². The molecular formula is C19H15BrN4O. The number of halogens is 1. The van der Waals surface area contributed by atoms with Gasteiger partial charge in [-0.05, 0) is 48.4 Å². The van der Waals surface area contributed by atoms with Crippen molar-refractivity contribution in [3.8, 4) is 6.07 Å². The Labute approximate surface area is 153 Å². The lowest BCUT2D eigenvalue weighted by molar-refractivity contribution is -0.117. The molecular weight excluding hydrogens is 380 g/mol. The van der Waals surface area contributed by atoms with Crippen LogP contribution in [0.5, 0.6) is 0 Å². The lowest BCUT2D eigenvalue weighted by Crippen LogP contribution is -2.24. The maximum atomic E-state index is 12.4. The molecule has 6 heteroatoms. The second-order valence-electron chi connectivity index (χ2n) is 5.57. The molecule has 1 amide bonds. The Morgan fingerprint density at radius 3 is 3.08 bits per heavy atom. The van der Waals surface area contributed by atoms with Gasteiger partial charge in [0.05, 0.1) is 0 Å². The van der Waals surface area contributed by atoms with Crippen LogP contribution in [-0.4, -0.2) is 15.9 Å². The SMILES string of the molecule is Cc1ccc(Br)cc1CNC(=O)/C(C#N)=C/c1c[nH]c2ncccc12. The smallest absolute Gasteiger partial charge is 0.262 e. The number of aryl methyl sites for hydroxylation is 1. The van der Waals surface area contributed by atoms with E-state index in [0.717, 1.165) is 32.2 Å². The van der Waals surface area contributed by atoms with E-state index in [2.05, 4.69) is 31.2 Å². The largest absolute Gasteiger partial charge is 0.347 e. The number of aromatic amines is 1. The minimum atomic E-state index is -0.403. The number of hydrogen-bond donors (Lipinski definition) is 2. The molecule has 0 spiro atoms. The molecule has 0 aliphatic carbocycles. The van der Waals surface area contributed by atoms with Crippen molar-refractivity contribution in [3.05, 3.63) is 69.5 Å². The van der Waals surface area contributed by atoms with Crippen molar-refractivity contribution in [2.24, 2.45) is 0 Å². The van der Waals surface area contributed by atoms with Crippen LogP contribution in [0.2, 0.25) is 0 Å². The third-order valence-electron chi connectivity index (χ3n) is 3.90. The van der Waals surface area contributed by atoms with Gasteiger partial charge >= 0.3 is 0 Å². The van der Waals surface area contributed by atoms with Gasteiger partial charge in [-0.3, -0.25) is 4.79 Å². The lowest BCUT2D eigenvalue weighted by Gasteiger charge is -2.08. The minimum Gasteiger partial charge on any atom is -0.347 e. The van der Waals surface area contributed by atoms with E-state index in [0.29, 0.717) is 6.54 Å². The maximum absolute atomic E-state index is 12.4. The second-order valence-corrected chi connectivity index (χ2v) is 6.48. The third kappa shape index (κ3) is 3.78. The molecule has 2 heterocycles. The molecule has 25 heavy (non-hydrogen) atoms. The Hall–Kier alpha value is -2.91. The molecule has 1 aromatic carbocycles. The summed E-state index contributed by atoms with van der Waals surface area (Å²) < 4.78 is 0.949. The average molecular weight is 395 g/mol. The number of fused-ring (bicyclic) bond motifs is 1. The van der Waals surface area contributed by atoms with Crippen LogP contribution in [0.25, 0.3) is 17.1 Å². The fourth-order valence-corrected chi connectivity index (χ4v) is 2.91. The summed E-state index contributed by atoms with van der Waals surface area (Å²) in [5.74, 6) is -0.403. The molecule has 0 radical (unpaired) electrons. The molecule has 2 N–H and O–H groups in total. The van der Waals surface area contributed by atoms with Crippen molar-refractivity contribution in [3.63, 3.8) is 0 Å². The molecule has 0 aliphatic rings. The van der Waals surface area contributed by atoms with E-state index in [-0.39, 0.29) is 5.57 Å². The van der Waals surface area contributed by atoms with E-state index in [1.54, 1.807) is 18.5 Å². The van der Waals surface area contributed by atoms with Gasteiger partial charge in [-0.2, -0.15) is 5.26 Å². The maximum Gasteiger partial charge on any atom is 0.262 e. The van der Waals surface area contributed by atoms with E-state index >= 15 is 0 Å². The van der Waals surface area contributed by atoms with Crippen LogP contribution in [-0.2, 0) is 11.3 Å². The quantitative estimate of drug-likeness (QED) is 0.520. The summed E-state index contributed by atoms with van der Waals surface area (Å²) >= 11 is 3.42. The molecule has 0 fully saturated rings. The highest BCUT2D eigenvalue weighted by Crippen LogP contribution is 2.19. The number of aromatic nitrogens is 2. The summed E-state index contributed by atoms with van der Waals surface area (Å²) in [6, 6.07) is 11.6. The number of carbonyl (C=O) groups excluding carboxylic acids is 1. The zero-order valence-electron chi connectivity index (χ0n) is 13.5. The first-order chi connectivity index (χ1) is 12.1. The van der Waals surface area contributed by atoms with E-state index in [1.807, 2.05) is 43.3 Å². The van der Waals surface area contributed by atoms with Gasteiger partial charge in [-0.25, -0.2) is 4.98 Å². The molecule has 0 bridgehead atoms. The van der Waals surface area contributed by atoms with Crippen molar-refractivity contribution >= 4 is 38.9 Å². The fourth-order valence-electron chi connectivity index (χ4n) is 2.50. The molecule has 0 aliphatic heterocycles. The molecule has 0 saturated carbocycles. The van der Waals surface area contributed by atoms with Gasteiger partial charge < -0.3 is 10.3 Å². The zero-order valence-corrected chi connectivity index (χ0v) is 15.1. The lowest BCUT2D eigenvalue weighted by atomic mass is 10.1. The number of carbonyl (C=O) groups is 1. The van der Waals surface area contributed by atoms with E-state index in [9.17, 15) is 10.1 Å². The Morgan fingerprint density at radius 1 is 1.44 bits per heavy atom. The van der Waals surface area contributed by atoms with Gasteiger partial charge in [0.1, 0.15) is 17.3 Å². The summed E-state index contributed by atoms with van der Waals surface area (Å²) in [4.78, 5) is 19.6. The van der Waals surface area contributed by atoms with Crippen LogP contribution in [0.3, 0.4) is 0 Å². The van der Waals surface area contributed by atoms with Gasteiger partial charge in [0.15, 0.2) is 0 Å². The Bertz CT molecular complexity index is 1010. The van der Waals surface area contributed by atoms with Gasteiger partial charge in [-0.15, -0.1) is 0 Å². The highest BCUT2D eigenvalue weighted by molar-refractivity contribution is 9.10. The summed E-state index contributed by atoms with van der Waals surface area (Å²) in [6.07, 6.45) is 4.99. The number of H-pyrrole nitrogens is 1. The summed E-state index contributed by atoms with van der Waals surface area (Å²) in [5, 5.41) is 13.0. The highest BCUT2D eigenvalue weighted by Gasteiger charge is 2.11. The zero-order chi connectivity index (χ0) is 17.8. The summed E-state index contributed by atoms with van der Waals surface area (Å²) in [5.41, 5.74) is 3.60. The highest BCUT2D eigenvalue weighted by atomic mass is 79.9. The van der Waals surface area contributed by atoms with E-state index in [1.165, 1.54) is 0 Å². The molecule has 124 valence electrons. The predicted octanol–water partition coefficient (Wildman–Crippen LogP) is 3.86. The van der Waals surface area contributed by atoms with E-state index in [4.69, 9.17) is 0 Å². The monoisotopic (exact) mass is 394 g/mol. The van der Waals surface area contributed by atoms with Crippen molar-refractivity contribution in [2.75, 3.05) is 0 Å². The van der Waals surface area contributed by atoms with Crippen LogP contribution in [0, 0.1) is 18.3 Å². The number of nitriles is 1. The number of hydrogen-bond acceptors (Lipinski definition) is 3. The number of benzene rings is 1. The predicted molar refractivity (Wildman–Crippen MR) is 100 cm³/mol. The van der Waals surface area contributed by atoms with Crippen LogP contribution in [0.15, 0.2) is 52.8 Å². The summed E-state index contributed by atoms with van der Waals surface area (Å²) in [6.45, 7) is 2.34. The van der Waals surface area contributed by atoms with Crippen LogP contribution in [0.4, 0.5) is 0 Å². The van der Waals surface area contributed by atoms with Crippen molar-refractivity contribution < 1.29 is 4.79 Å². The third-order valence-corrected chi connectivity index (χ3v) is 4.39. The van der Waals surface area contributed by atoms with Crippen LogP contribution in [0.1, 0.15) is 16.7 Å². The Kier molecular flexibility index (Phi) is 4.96. The molecule has 3 rings (SSSR count). The second kappa shape index (κ2) is 7.32. The van der Waals surface area contributed by atoms with Crippen molar-refractivity contribution in [1.29, 1.82) is 5.26 Å². The van der Waals surface area contributed by atoms with Gasteiger partial charge in [0, 0.05) is 34.4 Å². The molecule has 3 aromatic rings. The van der Waals surface area contributed by atoms with Gasteiger partial charge in [0.2, 0.25) is 0 Å². The molecule has 5 nitrogen and oxygen atoms in total. The number of amides is 1. The first-order valence-electron chi connectivity index (χ1n) is 7.65. The average Bonchev–Trinajstić information content (AvgIpc) is 3.03. The van der Waals surface area contributed by atoms with Crippen LogP contribution < -0.4 is 5.32 Å². The van der Waals surface area contributed by atoms with Gasteiger partial charge in [-0.1, -0.05) is 22.0 Å². The standard InChI is InChI=1S/C19H15BrN4O/c1-12-4-5-16(20)8-14(12)10-24-19(25)13(9-21)7-15-11-23-18-17(15)3-2-6-22-18/h2-8,11H,10H2,1H3,(H,22,23)(H,24,25)/b13-7+. The fraction of sp³-hybridized carbons (Fsp3) is 0.105. The van der Waals surface area contributed by atoms with Crippen LogP contribution >= 0.6 is 15.9 Å². The Balaban J connectivity index is 1.80. The topological polar surface area (TPSA) is 81.6 Å². The molecule has 0 unspecified atom stereocenters. The first kappa shape index (κ1) is 16.9. The number of nitrogens with zero attached hydrogens (tertiary/aromatic N) is 2. The Morgan fingerprint density at radius 2 is 2.28 bits per heavy atom. The normalized spacial score (nSPS) is 11.3. The number of nitrogens with one attached hydrogen (secondary N) is 2. The number of pyridine rings is 1.